The summed E-state index contributed by atoms with van der Waals surface area (Å²) in [6.07, 6.45) is 5.92. The van der Waals surface area contributed by atoms with Gasteiger partial charge >= 0.3 is 7.12 Å². The number of benzene rings is 1. The molecule has 2 rings (SSSR count). The third kappa shape index (κ3) is 9.79. The van der Waals surface area contributed by atoms with E-state index in [0.29, 0.717) is 18.7 Å². The minimum atomic E-state index is -1.11. The second kappa shape index (κ2) is 12.6. The molecule has 0 saturated carbocycles. The van der Waals surface area contributed by atoms with Crippen LogP contribution in [0.25, 0.3) is 0 Å². The fraction of sp³-hybridized carbons (Fsp3) is 0.368. The highest BCUT2D eigenvalue weighted by Crippen LogP contribution is 2.04. The summed E-state index contributed by atoms with van der Waals surface area (Å²) in [5, 5.41) is 19.3. The molecule has 28 heavy (non-hydrogen) atoms. The first-order chi connectivity index (χ1) is 13.3. The van der Waals surface area contributed by atoms with Crippen LogP contribution in [0, 0.1) is 5.92 Å². The van der Waals surface area contributed by atoms with E-state index >= 15 is 0 Å². The van der Waals surface area contributed by atoms with Crippen molar-refractivity contribution in [3.8, 4) is 0 Å². The summed E-state index contributed by atoms with van der Waals surface area (Å²) in [4.78, 5) is 31.0. The van der Waals surface area contributed by atoms with Gasteiger partial charge in [-0.15, -0.1) is 0 Å². The van der Waals surface area contributed by atoms with Gasteiger partial charge in [-0.1, -0.05) is 50.6 Å². The molecule has 2 amide bonds. The number of nitrogens with two attached hydrogens (primary N) is 1. The average molecular weight is 386 g/mol. The third-order valence-electron chi connectivity index (χ3n) is 3.73. The fourth-order valence-electron chi connectivity index (χ4n) is 2.20. The summed E-state index contributed by atoms with van der Waals surface area (Å²) >= 11 is 0. The largest absolute Gasteiger partial charge is 0.451 e. The highest BCUT2D eigenvalue weighted by Gasteiger charge is 2.20. The first kappa shape index (κ1) is 23.3. The standard InChI is InChI=1S/C14H14N4O2.C5H13BO2/c15-13(19)11(8-10-4-2-1-3-5-10)18-14(20)12-9-16-6-7-17-12;1-5(2)3-4-6(7)8/h1-7,9,11H,8H2,(H2,15,19)(H,18,20);5,7-8H,3-4H2,1-2H3. The van der Waals surface area contributed by atoms with Gasteiger partial charge in [0.05, 0.1) is 6.20 Å². The molecule has 150 valence electrons. The highest BCUT2D eigenvalue weighted by molar-refractivity contribution is 6.40. The van der Waals surface area contributed by atoms with Crippen LogP contribution in [0.2, 0.25) is 6.32 Å². The molecule has 0 aliphatic rings. The normalized spacial score (nSPS) is 11.2. The molecule has 2 aromatic rings. The number of aromatic nitrogens is 2. The van der Waals surface area contributed by atoms with Gasteiger partial charge in [0.2, 0.25) is 5.91 Å². The molecule has 0 bridgehead atoms. The Balaban J connectivity index is 0.000000416. The summed E-state index contributed by atoms with van der Waals surface area (Å²) in [5.41, 5.74) is 6.38. The molecule has 0 saturated heterocycles. The predicted octanol–water partition coefficient (Wildman–Crippen LogP) is 0.808. The van der Waals surface area contributed by atoms with E-state index in [-0.39, 0.29) is 5.69 Å². The zero-order valence-corrected chi connectivity index (χ0v) is 16.2. The topological polar surface area (TPSA) is 138 Å². The second-order valence-electron chi connectivity index (χ2n) is 6.66. The van der Waals surface area contributed by atoms with Crippen LogP contribution in [-0.4, -0.2) is 45.0 Å². The Morgan fingerprint density at radius 1 is 1.18 bits per heavy atom. The molecule has 1 aromatic heterocycles. The molecule has 5 N–H and O–H groups in total. The quantitative estimate of drug-likeness (QED) is 0.495. The van der Waals surface area contributed by atoms with E-state index in [1.165, 1.54) is 18.6 Å². The minimum absolute atomic E-state index is 0.145. The molecule has 0 aliphatic heterocycles. The molecule has 1 atom stereocenters. The van der Waals surface area contributed by atoms with E-state index in [1.807, 2.05) is 30.3 Å². The van der Waals surface area contributed by atoms with Gasteiger partial charge in [0, 0.05) is 18.8 Å². The lowest BCUT2D eigenvalue weighted by molar-refractivity contribution is -0.119. The van der Waals surface area contributed by atoms with Gasteiger partial charge < -0.3 is 21.1 Å². The van der Waals surface area contributed by atoms with Crippen molar-refractivity contribution < 1.29 is 19.6 Å². The highest BCUT2D eigenvalue weighted by atomic mass is 16.4. The summed E-state index contributed by atoms with van der Waals surface area (Å²) < 4.78 is 0. The fourth-order valence-corrected chi connectivity index (χ4v) is 2.20. The molecule has 0 fully saturated rings. The van der Waals surface area contributed by atoms with Crippen molar-refractivity contribution in [2.24, 2.45) is 11.7 Å². The van der Waals surface area contributed by atoms with Gasteiger partial charge in [0.25, 0.3) is 5.91 Å². The van der Waals surface area contributed by atoms with E-state index in [4.69, 9.17) is 15.8 Å². The van der Waals surface area contributed by atoms with Crippen molar-refractivity contribution in [1.82, 2.24) is 15.3 Å². The number of hydrogen-bond acceptors (Lipinski definition) is 6. The van der Waals surface area contributed by atoms with E-state index in [0.717, 1.165) is 12.0 Å². The molecular formula is C19H27BN4O4. The van der Waals surface area contributed by atoms with Crippen molar-refractivity contribution in [3.05, 3.63) is 60.2 Å². The average Bonchev–Trinajstić information content (AvgIpc) is 2.67. The molecule has 1 aromatic carbocycles. The van der Waals surface area contributed by atoms with Crippen molar-refractivity contribution >= 4 is 18.9 Å². The molecule has 0 radical (unpaired) electrons. The summed E-state index contributed by atoms with van der Waals surface area (Å²) in [7, 11) is -1.11. The lowest BCUT2D eigenvalue weighted by Gasteiger charge is -2.15. The summed E-state index contributed by atoms with van der Waals surface area (Å²) in [5.74, 6) is -0.499. The summed E-state index contributed by atoms with van der Waals surface area (Å²) in [6.45, 7) is 4.12. The minimum Gasteiger partial charge on any atom is -0.427 e. The molecule has 0 spiro atoms. The number of amides is 2. The number of primary amides is 1. The lowest BCUT2D eigenvalue weighted by atomic mass is 9.82. The van der Waals surface area contributed by atoms with Gasteiger partial charge in [-0.25, -0.2) is 4.98 Å². The number of rotatable bonds is 8. The van der Waals surface area contributed by atoms with Gasteiger partial charge in [-0.05, 0) is 17.8 Å². The van der Waals surface area contributed by atoms with Crippen LogP contribution >= 0.6 is 0 Å². The Morgan fingerprint density at radius 3 is 2.32 bits per heavy atom. The number of carbonyl (C=O) groups is 2. The maximum absolute atomic E-state index is 11.9. The third-order valence-corrected chi connectivity index (χ3v) is 3.73. The number of nitrogens with one attached hydrogen (secondary N) is 1. The Labute approximate surface area is 165 Å². The molecule has 9 heteroatoms. The van der Waals surface area contributed by atoms with Crippen molar-refractivity contribution in [2.75, 3.05) is 0 Å². The molecular weight excluding hydrogens is 359 g/mol. The number of hydrogen-bond donors (Lipinski definition) is 4. The Kier molecular flexibility index (Phi) is 10.5. The van der Waals surface area contributed by atoms with Crippen LogP contribution in [0.15, 0.2) is 48.9 Å². The van der Waals surface area contributed by atoms with Crippen LogP contribution in [0.3, 0.4) is 0 Å². The zero-order valence-electron chi connectivity index (χ0n) is 16.2. The number of carbonyl (C=O) groups excluding carboxylic acids is 2. The van der Waals surface area contributed by atoms with Gasteiger partial charge in [0.15, 0.2) is 0 Å². The Hall–Kier alpha value is -2.78. The Morgan fingerprint density at radius 2 is 1.86 bits per heavy atom. The first-order valence-electron chi connectivity index (χ1n) is 9.05. The van der Waals surface area contributed by atoms with Gasteiger partial charge in [0.1, 0.15) is 11.7 Å². The van der Waals surface area contributed by atoms with E-state index in [2.05, 4.69) is 29.1 Å². The molecule has 8 nitrogen and oxygen atoms in total. The molecule has 1 heterocycles. The monoisotopic (exact) mass is 386 g/mol. The lowest BCUT2D eigenvalue weighted by Crippen LogP contribution is -2.46. The predicted molar refractivity (Wildman–Crippen MR) is 107 cm³/mol. The zero-order chi connectivity index (χ0) is 20.9. The maximum Gasteiger partial charge on any atom is 0.451 e. The van der Waals surface area contributed by atoms with Gasteiger partial charge in [-0.2, -0.15) is 0 Å². The van der Waals surface area contributed by atoms with Crippen LogP contribution in [0.4, 0.5) is 0 Å². The Bertz CT molecular complexity index is 706. The van der Waals surface area contributed by atoms with Crippen LogP contribution in [-0.2, 0) is 11.2 Å². The van der Waals surface area contributed by atoms with Crippen LogP contribution < -0.4 is 11.1 Å². The van der Waals surface area contributed by atoms with Crippen molar-refractivity contribution in [3.63, 3.8) is 0 Å². The van der Waals surface area contributed by atoms with Crippen LogP contribution in [0.5, 0.6) is 0 Å². The van der Waals surface area contributed by atoms with Crippen molar-refractivity contribution in [1.29, 1.82) is 0 Å². The van der Waals surface area contributed by atoms with E-state index < -0.39 is 25.0 Å². The van der Waals surface area contributed by atoms with Crippen molar-refractivity contribution in [2.45, 2.75) is 39.1 Å². The number of nitrogens with zero attached hydrogens (tertiary/aromatic N) is 2. The van der Waals surface area contributed by atoms with Crippen LogP contribution in [0.1, 0.15) is 36.3 Å². The smallest absolute Gasteiger partial charge is 0.427 e. The van der Waals surface area contributed by atoms with E-state index in [1.54, 1.807) is 0 Å². The van der Waals surface area contributed by atoms with Gasteiger partial charge in [-0.3, -0.25) is 14.6 Å². The molecule has 1 unspecified atom stereocenters. The van der Waals surface area contributed by atoms with E-state index in [9.17, 15) is 9.59 Å². The maximum atomic E-state index is 11.9. The SMILES string of the molecule is CC(C)CCB(O)O.NC(=O)C(Cc1ccccc1)NC(=O)c1cnccn1. The summed E-state index contributed by atoms with van der Waals surface area (Å²) in [6, 6.07) is 8.54. The second-order valence-corrected chi connectivity index (χ2v) is 6.66. The first-order valence-corrected chi connectivity index (χ1v) is 9.05. The molecule has 0 aliphatic carbocycles.